The molecule has 0 aliphatic carbocycles. The van der Waals surface area contributed by atoms with E-state index in [1.165, 1.54) is 4.31 Å². The van der Waals surface area contributed by atoms with Crippen LogP contribution in [0.25, 0.3) is 0 Å². The van der Waals surface area contributed by atoms with Crippen LogP contribution in [0.4, 0.5) is 0 Å². The normalized spacial score (nSPS) is 12.1. The van der Waals surface area contributed by atoms with Crippen molar-refractivity contribution in [3.8, 4) is 0 Å². The third-order valence-corrected chi connectivity index (χ3v) is 6.01. The first-order valence-corrected chi connectivity index (χ1v) is 8.85. The lowest BCUT2D eigenvalue weighted by molar-refractivity contribution is 0.390. The summed E-state index contributed by atoms with van der Waals surface area (Å²) < 4.78 is 27.8. The second kappa shape index (κ2) is 6.62. The lowest BCUT2D eigenvalue weighted by Crippen LogP contribution is -2.42. The Balaban J connectivity index is 3.34. The maximum atomic E-state index is 12.6. The zero-order chi connectivity index (χ0) is 14.8. The molecule has 0 aromatic heterocycles. The third kappa shape index (κ3) is 4.22. The smallest absolute Gasteiger partial charge is 0.244 e. The molecule has 0 aliphatic rings. The number of nitrogens with zero attached hydrogens (tertiary/aromatic N) is 1. The zero-order valence-electron chi connectivity index (χ0n) is 10.4. The van der Waals surface area contributed by atoms with Gasteiger partial charge in [0.05, 0.1) is 16.4 Å². The van der Waals surface area contributed by atoms with Gasteiger partial charge >= 0.3 is 0 Å². The predicted octanol–water partition coefficient (Wildman–Crippen LogP) is 2.90. The van der Waals surface area contributed by atoms with Gasteiger partial charge in [-0.3, -0.25) is 0 Å². The van der Waals surface area contributed by atoms with E-state index in [1.54, 1.807) is 32.0 Å². The van der Waals surface area contributed by atoms with E-state index in [4.69, 9.17) is 18.0 Å². The minimum absolute atomic E-state index is 0.0221. The third-order valence-electron chi connectivity index (χ3n) is 2.37. The van der Waals surface area contributed by atoms with E-state index in [0.717, 1.165) is 0 Å². The van der Waals surface area contributed by atoms with E-state index in [1.807, 2.05) is 0 Å². The predicted molar refractivity (Wildman–Crippen MR) is 87.7 cm³/mol. The zero-order valence-corrected chi connectivity index (χ0v) is 15.2. The molecule has 0 spiro atoms. The molecule has 8 heteroatoms. The number of sulfonamides is 1. The van der Waals surface area contributed by atoms with Crippen molar-refractivity contribution >= 4 is 59.1 Å². The number of thiocarbonyl (C=S) groups is 1. The molecule has 1 rings (SSSR count). The Bertz CT molecular complexity index is 588. The highest BCUT2D eigenvalue weighted by Gasteiger charge is 2.29. The van der Waals surface area contributed by atoms with Gasteiger partial charge in [0.2, 0.25) is 10.0 Å². The fourth-order valence-corrected chi connectivity index (χ4v) is 4.80. The van der Waals surface area contributed by atoms with Crippen molar-refractivity contribution in [2.75, 3.05) is 6.54 Å². The maximum Gasteiger partial charge on any atom is 0.244 e. The summed E-state index contributed by atoms with van der Waals surface area (Å²) in [5.41, 5.74) is 5.48. The van der Waals surface area contributed by atoms with E-state index >= 15 is 0 Å². The maximum absolute atomic E-state index is 12.6. The summed E-state index contributed by atoms with van der Waals surface area (Å²) in [5, 5.41) is 0. The van der Waals surface area contributed by atoms with Gasteiger partial charge in [0.15, 0.2) is 0 Å². The SMILES string of the molecule is CC(C)N(CC(N)=S)S(=O)(=O)c1cc(Br)ccc1Br. The molecule has 0 amide bonds. The van der Waals surface area contributed by atoms with Gasteiger partial charge in [0.25, 0.3) is 0 Å². The monoisotopic (exact) mass is 428 g/mol. The van der Waals surface area contributed by atoms with Gasteiger partial charge in [-0.1, -0.05) is 28.1 Å². The van der Waals surface area contributed by atoms with Gasteiger partial charge in [-0.25, -0.2) is 8.42 Å². The number of hydrogen-bond acceptors (Lipinski definition) is 3. The molecular weight excluding hydrogens is 416 g/mol. The Morgan fingerprint density at radius 1 is 1.42 bits per heavy atom. The van der Waals surface area contributed by atoms with Gasteiger partial charge in [-0.2, -0.15) is 4.31 Å². The molecule has 0 bridgehead atoms. The van der Waals surface area contributed by atoms with Crippen molar-refractivity contribution in [1.29, 1.82) is 0 Å². The minimum Gasteiger partial charge on any atom is -0.392 e. The molecule has 0 fully saturated rings. The van der Waals surface area contributed by atoms with Crippen molar-refractivity contribution in [3.05, 3.63) is 27.1 Å². The fraction of sp³-hybridized carbons (Fsp3) is 0.364. The van der Waals surface area contributed by atoms with Crippen LogP contribution in [0.3, 0.4) is 0 Å². The average Bonchev–Trinajstić information content (AvgIpc) is 2.28. The van der Waals surface area contributed by atoms with Crippen molar-refractivity contribution in [1.82, 2.24) is 4.31 Å². The molecule has 19 heavy (non-hydrogen) atoms. The number of benzene rings is 1. The molecular formula is C11H14Br2N2O2S2. The molecule has 0 saturated heterocycles. The highest BCUT2D eigenvalue weighted by molar-refractivity contribution is 9.11. The molecule has 0 heterocycles. The standard InChI is InChI=1S/C11H14Br2N2O2S2/c1-7(2)15(6-11(14)18)19(16,17)10-5-8(12)3-4-9(10)13/h3-5,7H,6H2,1-2H3,(H2,14,18). The molecule has 2 N–H and O–H groups in total. The van der Waals surface area contributed by atoms with Crippen molar-refractivity contribution in [2.45, 2.75) is 24.8 Å². The van der Waals surface area contributed by atoms with Gasteiger partial charge in [0.1, 0.15) is 0 Å². The molecule has 0 aliphatic heterocycles. The first kappa shape index (κ1) is 17.0. The molecule has 1 aromatic rings. The van der Waals surface area contributed by atoms with Crippen LogP contribution in [0.5, 0.6) is 0 Å². The second-order valence-corrected chi connectivity index (χ2v) is 8.34. The molecule has 0 unspecified atom stereocenters. The summed E-state index contributed by atoms with van der Waals surface area (Å²) in [7, 11) is -3.66. The summed E-state index contributed by atoms with van der Waals surface area (Å²) in [6.07, 6.45) is 0. The largest absolute Gasteiger partial charge is 0.392 e. The Kier molecular flexibility index (Phi) is 5.94. The van der Waals surface area contributed by atoms with E-state index in [0.29, 0.717) is 8.95 Å². The lowest BCUT2D eigenvalue weighted by atomic mass is 10.4. The van der Waals surface area contributed by atoms with Crippen LogP contribution in [0.2, 0.25) is 0 Å². The lowest BCUT2D eigenvalue weighted by Gasteiger charge is -2.25. The highest BCUT2D eigenvalue weighted by atomic mass is 79.9. The Hall–Kier alpha value is -0.0200. The summed E-state index contributed by atoms with van der Waals surface area (Å²) >= 11 is 11.3. The fourth-order valence-electron chi connectivity index (χ4n) is 1.50. The Labute approximate surface area is 135 Å². The summed E-state index contributed by atoms with van der Waals surface area (Å²) in [5.74, 6) is 0. The van der Waals surface area contributed by atoms with Crippen molar-refractivity contribution < 1.29 is 8.42 Å². The second-order valence-electron chi connectivity index (χ2n) is 4.19. The van der Waals surface area contributed by atoms with E-state index in [2.05, 4.69) is 31.9 Å². The number of nitrogens with two attached hydrogens (primary N) is 1. The van der Waals surface area contributed by atoms with Crippen LogP contribution < -0.4 is 5.73 Å². The molecule has 0 saturated carbocycles. The van der Waals surface area contributed by atoms with Crippen LogP contribution >= 0.6 is 44.1 Å². The van der Waals surface area contributed by atoms with Crippen LogP contribution in [0, 0.1) is 0 Å². The van der Waals surface area contributed by atoms with Crippen LogP contribution in [0.1, 0.15) is 13.8 Å². The number of hydrogen-bond donors (Lipinski definition) is 1. The molecule has 106 valence electrons. The summed E-state index contributed by atoms with van der Waals surface area (Å²) in [6, 6.07) is 4.75. The van der Waals surface area contributed by atoms with Crippen molar-refractivity contribution in [3.63, 3.8) is 0 Å². The Morgan fingerprint density at radius 3 is 2.47 bits per heavy atom. The summed E-state index contributed by atoms with van der Waals surface area (Å²) in [4.78, 5) is 0.329. The van der Waals surface area contributed by atoms with Gasteiger partial charge in [0, 0.05) is 15.0 Å². The molecule has 0 radical (unpaired) electrons. The first-order chi connectivity index (χ1) is 8.66. The Morgan fingerprint density at radius 2 is 2.00 bits per heavy atom. The highest BCUT2D eigenvalue weighted by Crippen LogP contribution is 2.29. The van der Waals surface area contributed by atoms with E-state index in [9.17, 15) is 8.42 Å². The molecule has 4 nitrogen and oxygen atoms in total. The van der Waals surface area contributed by atoms with Gasteiger partial charge in [-0.15, -0.1) is 0 Å². The van der Waals surface area contributed by atoms with Crippen LogP contribution in [0.15, 0.2) is 32.0 Å². The quantitative estimate of drug-likeness (QED) is 0.731. The minimum atomic E-state index is -3.66. The van der Waals surface area contributed by atoms with Crippen LogP contribution in [-0.4, -0.2) is 30.3 Å². The molecule has 1 aromatic carbocycles. The average molecular weight is 430 g/mol. The topological polar surface area (TPSA) is 63.4 Å². The molecule has 0 atom stereocenters. The first-order valence-electron chi connectivity index (χ1n) is 5.41. The van der Waals surface area contributed by atoms with E-state index in [-0.39, 0.29) is 22.5 Å². The van der Waals surface area contributed by atoms with Crippen molar-refractivity contribution in [2.24, 2.45) is 5.73 Å². The number of halogens is 2. The van der Waals surface area contributed by atoms with Gasteiger partial charge < -0.3 is 5.73 Å². The van der Waals surface area contributed by atoms with Gasteiger partial charge in [-0.05, 0) is 48.0 Å². The van der Waals surface area contributed by atoms with Crippen LogP contribution in [-0.2, 0) is 10.0 Å². The summed E-state index contributed by atoms with van der Waals surface area (Å²) in [6.45, 7) is 3.58. The van der Waals surface area contributed by atoms with E-state index < -0.39 is 10.0 Å². The number of rotatable bonds is 5.